The maximum absolute atomic E-state index is 14.9. The minimum Gasteiger partial charge on any atom is -0.455 e. The number of nitrogens with zero attached hydrogens (tertiary/aromatic N) is 2. The van der Waals surface area contributed by atoms with Crippen LogP contribution >= 0.6 is 11.6 Å². The molecular weight excluding hydrogens is 658 g/mol. The quantitative estimate of drug-likeness (QED) is 0.177. The maximum atomic E-state index is 14.9. The summed E-state index contributed by atoms with van der Waals surface area (Å²) in [6.45, 7) is 13.0. The van der Waals surface area contributed by atoms with Gasteiger partial charge in [0.05, 0.1) is 36.6 Å². The minimum atomic E-state index is -1.32. The van der Waals surface area contributed by atoms with Crippen molar-refractivity contribution in [1.82, 2.24) is 10.2 Å². The van der Waals surface area contributed by atoms with Crippen LogP contribution in [-0.2, 0) is 28.7 Å². The molecule has 1 spiro atoms. The van der Waals surface area contributed by atoms with E-state index in [2.05, 4.69) is 18.5 Å². The number of fused-ring (bicyclic) bond motifs is 1. The zero-order chi connectivity index (χ0) is 36.2. The summed E-state index contributed by atoms with van der Waals surface area (Å²) in [6, 6.07) is 13.6. The molecule has 3 heterocycles. The largest absolute Gasteiger partial charge is 0.455 e. The standard InChI is InChI=1S/C39H48ClN3O7/c1-6-9-15-31(45)41-25(5)34(26-13-11-10-12-14-26)49-38(48)32-30-20-21-39(50-30)33(32)36(46)43(29(23-44)24(4)8-3)35(39)37(47)42(22-7-2)28-18-16-27(40)17-19-28/h6-7,10-14,16-19,24-25,29-30,32-35,44H,1-2,8-9,15,20-23H2,3-5H3,(H,41,45)/t24-,25-,29-,30-,32+,33+,34-,35-,39+/m0/s1. The highest BCUT2D eigenvalue weighted by Crippen LogP contribution is 2.59. The lowest BCUT2D eigenvalue weighted by Crippen LogP contribution is -2.60. The average Bonchev–Trinajstić information content (AvgIpc) is 3.76. The molecule has 0 aliphatic carbocycles. The molecule has 3 fully saturated rings. The molecule has 50 heavy (non-hydrogen) atoms. The molecule has 0 saturated carbocycles. The van der Waals surface area contributed by atoms with Crippen molar-refractivity contribution in [3.8, 4) is 0 Å². The number of benzene rings is 2. The van der Waals surface area contributed by atoms with Crippen molar-refractivity contribution in [2.24, 2.45) is 17.8 Å². The molecule has 2 aromatic carbocycles. The van der Waals surface area contributed by atoms with E-state index in [4.69, 9.17) is 21.1 Å². The van der Waals surface area contributed by atoms with Gasteiger partial charge in [-0.25, -0.2) is 0 Å². The van der Waals surface area contributed by atoms with Gasteiger partial charge in [0.25, 0.3) is 5.91 Å². The van der Waals surface area contributed by atoms with E-state index < -0.39 is 65.6 Å². The van der Waals surface area contributed by atoms with E-state index in [9.17, 15) is 24.3 Å². The molecule has 0 aromatic heterocycles. The van der Waals surface area contributed by atoms with Gasteiger partial charge in [-0.1, -0.05) is 74.4 Å². The van der Waals surface area contributed by atoms with Gasteiger partial charge >= 0.3 is 5.97 Å². The van der Waals surface area contributed by atoms with E-state index in [0.717, 1.165) is 0 Å². The summed E-state index contributed by atoms with van der Waals surface area (Å²) in [5.41, 5.74) is -0.0696. The first-order valence-corrected chi connectivity index (χ1v) is 17.8. The van der Waals surface area contributed by atoms with Crippen molar-refractivity contribution in [3.05, 3.63) is 90.5 Å². The third-order valence-corrected chi connectivity index (χ3v) is 10.8. The number of halogens is 1. The maximum Gasteiger partial charge on any atom is 0.313 e. The number of esters is 1. The van der Waals surface area contributed by atoms with Crippen molar-refractivity contribution in [2.75, 3.05) is 18.1 Å². The molecule has 2 N–H and O–H groups in total. The van der Waals surface area contributed by atoms with Crippen LogP contribution in [0.25, 0.3) is 0 Å². The van der Waals surface area contributed by atoms with E-state index in [1.807, 2.05) is 44.2 Å². The summed E-state index contributed by atoms with van der Waals surface area (Å²) < 4.78 is 12.9. The van der Waals surface area contributed by atoms with Crippen LogP contribution in [0.15, 0.2) is 79.9 Å². The molecule has 268 valence electrons. The normalized spacial score (nSPS) is 26.0. The van der Waals surface area contributed by atoms with Gasteiger partial charge < -0.3 is 29.7 Å². The molecule has 0 radical (unpaired) electrons. The first-order valence-electron chi connectivity index (χ1n) is 17.5. The van der Waals surface area contributed by atoms with Crippen LogP contribution < -0.4 is 10.2 Å². The Labute approximate surface area is 299 Å². The van der Waals surface area contributed by atoms with Gasteiger partial charge in [-0.2, -0.15) is 0 Å². The highest BCUT2D eigenvalue weighted by molar-refractivity contribution is 6.30. The van der Waals surface area contributed by atoms with E-state index in [-0.39, 0.29) is 31.4 Å². The van der Waals surface area contributed by atoms with Crippen LogP contribution in [0, 0.1) is 17.8 Å². The van der Waals surface area contributed by atoms with Gasteiger partial charge in [0.2, 0.25) is 11.8 Å². The topological polar surface area (TPSA) is 125 Å². The summed E-state index contributed by atoms with van der Waals surface area (Å²) in [4.78, 5) is 59.7. The lowest BCUT2D eigenvalue weighted by molar-refractivity contribution is -0.162. The summed E-state index contributed by atoms with van der Waals surface area (Å²) in [7, 11) is 0. The zero-order valence-corrected chi connectivity index (χ0v) is 29.8. The highest BCUT2D eigenvalue weighted by Gasteiger charge is 2.76. The number of ether oxygens (including phenoxy) is 2. The Hall–Kier alpha value is -3.99. The van der Waals surface area contributed by atoms with Gasteiger partial charge in [0.1, 0.15) is 17.7 Å². The van der Waals surface area contributed by atoms with Crippen molar-refractivity contribution in [1.29, 1.82) is 0 Å². The van der Waals surface area contributed by atoms with Gasteiger partial charge in [0, 0.05) is 23.7 Å². The van der Waals surface area contributed by atoms with E-state index in [1.54, 1.807) is 48.2 Å². The Morgan fingerprint density at radius 1 is 1.14 bits per heavy atom. The smallest absolute Gasteiger partial charge is 0.313 e. The monoisotopic (exact) mass is 705 g/mol. The van der Waals surface area contributed by atoms with Crippen molar-refractivity contribution in [2.45, 2.75) is 88.8 Å². The first-order chi connectivity index (χ1) is 24.0. The second-order valence-corrected chi connectivity index (χ2v) is 14.0. The predicted molar refractivity (Wildman–Crippen MR) is 191 cm³/mol. The Balaban J connectivity index is 1.52. The molecule has 5 rings (SSSR count). The third kappa shape index (κ3) is 6.98. The van der Waals surface area contributed by atoms with Crippen molar-refractivity contribution in [3.63, 3.8) is 0 Å². The summed E-state index contributed by atoms with van der Waals surface area (Å²) in [6.07, 6.45) is 3.99. The zero-order valence-electron chi connectivity index (χ0n) is 29.0. The number of anilines is 1. The summed E-state index contributed by atoms with van der Waals surface area (Å²) >= 11 is 6.17. The number of carbonyl (C=O) groups excluding carboxylic acids is 4. The number of hydrogen-bond donors (Lipinski definition) is 2. The van der Waals surface area contributed by atoms with Gasteiger partial charge in [0.15, 0.2) is 0 Å². The van der Waals surface area contributed by atoms with E-state index in [1.165, 1.54) is 4.90 Å². The van der Waals surface area contributed by atoms with Gasteiger partial charge in [-0.3, -0.25) is 19.2 Å². The van der Waals surface area contributed by atoms with Crippen LogP contribution in [0.5, 0.6) is 0 Å². The van der Waals surface area contributed by atoms with Crippen molar-refractivity contribution < 1.29 is 33.8 Å². The third-order valence-electron chi connectivity index (χ3n) is 10.6. The number of hydrogen-bond acceptors (Lipinski definition) is 7. The molecule has 0 unspecified atom stereocenters. The number of allylic oxidation sites excluding steroid dienone is 1. The SMILES string of the molecule is C=CCCC(=O)N[C@@H](C)[C@H](OC(=O)[C@@H]1[C@@H]2CC[C@]3(O2)[C@H](C(=O)N(CC=C)c2ccc(Cl)cc2)N([C@@H](CO)[C@@H](C)CC)C(=O)[C@@H]13)c1ccccc1. The molecule has 10 nitrogen and oxygen atoms in total. The number of carbonyl (C=O) groups is 4. The van der Waals surface area contributed by atoms with Gasteiger partial charge in [-0.05, 0) is 61.9 Å². The fraction of sp³-hybridized carbons (Fsp3) is 0.487. The number of amides is 3. The fourth-order valence-corrected chi connectivity index (χ4v) is 8.10. The van der Waals surface area contributed by atoms with E-state index in [0.29, 0.717) is 42.0 Å². The molecule has 3 aliphatic heterocycles. The molecule has 2 aromatic rings. The molecule has 3 saturated heterocycles. The Morgan fingerprint density at radius 3 is 2.46 bits per heavy atom. The number of aliphatic hydroxyl groups is 1. The molecule has 3 aliphatic rings. The lowest BCUT2D eigenvalue weighted by atomic mass is 9.70. The Kier molecular flexibility index (Phi) is 11.9. The first kappa shape index (κ1) is 37.3. The van der Waals surface area contributed by atoms with Crippen LogP contribution in [0.1, 0.15) is 64.5 Å². The van der Waals surface area contributed by atoms with E-state index >= 15 is 0 Å². The molecule has 3 amide bonds. The lowest BCUT2D eigenvalue weighted by Gasteiger charge is -2.40. The number of nitrogens with one attached hydrogen (secondary N) is 1. The Bertz CT molecular complexity index is 1570. The second kappa shape index (κ2) is 15.9. The fourth-order valence-electron chi connectivity index (χ4n) is 7.97. The highest BCUT2D eigenvalue weighted by atomic mass is 35.5. The van der Waals surface area contributed by atoms with Crippen molar-refractivity contribution >= 4 is 41.0 Å². The summed E-state index contributed by atoms with van der Waals surface area (Å²) in [5.74, 6) is -3.80. The predicted octanol–water partition coefficient (Wildman–Crippen LogP) is 5.40. The molecule has 9 atom stereocenters. The molecule has 11 heteroatoms. The Morgan fingerprint density at radius 2 is 1.84 bits per heavy atom. The average molecular weight is 706 g/mol. The number of aliphatic hydroxyl groups excluding tert-OH is 1. The van der Waals surface area contributed by atoms with Crippen LogP contribution in [0.4, 0.5) is 5.69 Å². The van der Waals surface area contributed by atoms with Gasteiger partial charge in [-0.15, -0.1) is 13.2 Å². The van der Waals surface area contributed by atoms with Crippen LogP contribution in [-0.4, -0.2) is 76.7 Å². The summed E-state index contributed by atoms with van der Waals surface area (Å²) in [5, 5.41) is 14.2. The van der Waals surface area contributed by atoms with Crippen LogP contribution in [0.2, 0.25) is 5.02 Å². The molecule has 2 bridgehead atoms. The van der Waals surface area contributed by atoms with Crippen LogP contribution in [0.3, 0.4) is 0 Å². The minimum absolute atomic E-state index is 0.150. The second-order valence-electron chi connectivity index (χ2n) is 13.6. The number of rotatable bonds is 16. The number of likely N-dealkylation sites (tertiary alicyclic amines) is 1. The molecular formula is C39H48ClN3O7.